The lowest BCUT2D eigenvalue weighted by Crippen LogP contribution is -1.92. The molecule has 0 aliphatic carbocycles. The molecule has 45 heavy (non-hydrogen) atoms. The molecule has 0 bridgehead atoms. The number of benzene rings is 8. The Labute approximate surface area is 289 Å². The number of hydrogen-bond donors (Lipinski definition) is 0. The monoisotopic (exact) mass is 592 g/mol. The first kappa shape index (κ1) is 12.6. The molecule has 0 radical (unpaired) electrons. The summed E-state index contributed by atoms with van der Waals surface area (Å²) in [7, 11) is 0. The van der Waals surface area contributed by atoms with E-state index in [-0.39, 0.29) is 54.6 Å². The first-order chi connectivity index (χ1) is 30.7. The molecule has 0 saturated carbocycles. The lowest BCUT2D eigenvalue weighted by molar-refractivity contribution is 0.670. The fourth-order valence-electron chi connectivity index (χ4n) is 5.77. The van der Waals surface area contributed by atoms with Crippen molar-refractivity contribution in [1.82, 2.24) is 0 Å². The topological polar surface area (TPSA) is 13.1 Å². The van der Waals surface area contributed by atoms with Gasteiger partial charge >= 0.3 is 0 Å². The maximum atomic E-state index is 9.93. The van der Waals surface area contributed by atoms with Crippen LogP contribution in [0.5, 0.6) is 0 Å². The second-order valence-corrected chi connectivity index (χ2v) is 10.1. The Morgan fingerprint density at radius 3 is 1.58 bits per heavy atom. The largest absolute Gasteiger partial charge is 0.455 e. The maximum Gasteiger partial charge on any atom is 0.143 e. The average Bonchev–Trinajstić information content (AvgIpc) is 3.70. The first-order valence-corrected chi connectivity index (χ1v) is 13.8. The van der Waals surface area contributed by atoms with Crippen LogP contribution in [-0.2, 0) is 0 Å². The summed E-state index contributed by atoms with van der Waals surface area (Å²) >= 11 is 0. The van der Waals surface area contributed by atoms with Gasteiger partial charge in [0.05, 0.1) is 27.4 Å². The summed E-state index contributed by atoms with van der Waals surface area (Å²) in [5, 5.41) is 0.534. The van der Waals surface area contributed by atoms with Crippen LogP contribution in [0.3, 0.4) is 0 Å². The van der Waals surface area contributed by atoms with Crippen LogP contribution in [0.2, 0.25) is 0 Å². The lowest BCUT2D eigenvalue weighted by atomic mass is 9.84. The quantitative estimate of drug-likeness (QED) is 0.185. The summed E-state index contributed by atoms with van der Waals surface area (Å²) in [5.41, 5.74) is -2.86. The van der Waals surface area contributed by atoms with Crippen molar-refractivity contribution in [1.29, 1.82) is 0 Å². The third kappa shape index (κ3) is 4.17. The van der Waals surface area contributed by atoms with Gasteiger partial charge in [-0.2, -0.15) is 0 Å². The maximum absolute atomic E-state index is 9.93. The van der Waals surface area contributed by atoms with Gasteiger partial charge in [-0.05, 0) is 84.7 Å². The highest BCUT2D eigenvalue weighted by Gasteiger charge is 2.20. The molecular formula is C44H28O. The van der Waals surface area contributed by atoms with Crippen LogP contribution >= 0.6 is 0 Å². The molecule has 0 aliphatic heterocycles. The zero-order valence-electron chi connectivity index (χ0n) is 43.0. The van der Waals surface area contributed by atoms with E-state index in [1.165, 1.54) is 0 Å². The number of furan rings is 1. The molecule has 9 rings (SSSR count). The molecule has 8 aromatic carbocycles. The summed E-state index contributed by atoms with van der Waals surface area (Å²) in [6.07, 6.45) is 0. The van der Waals surface area contributed by atoms with E-state index >= 15 is 0 Å². The van der Waals surface area contributed by atoms with Crippen molar-refractivity contribution in [2.75, 3.05) is 0 Å². The van der Waals surface area contributed by atoms with E-state index in [4.69, 9.17) is 26.3 Å². The van der Waals surface area contributed by atoms with Crippen molar-refractivity contribution in [3.63, 3.8) is 0 Å². The second-order valence-electron chi connectivity index (χ2n) is 10.1. The van der Waals surface area contributed by atoms with Gasteiger partial charge in [0.25, 0.3) is 0 Å². The SMILES string of the molecule is [2H]c1c([2H])c([2H])c(-c2c([2H])c([2H])c([2H])c(-c3c4ccccc4c(-c4c([2H])c(-c5c([2H])c([2H])c([2H])c([2H])c5[2H])c5oc6c([2H])c([2H])c([2H])c([2H])c6c5c4[2H])c4ccccc34)c2[2H])c([2H])c1[2H]. The average molecular weight is 593 g/mol. The molecule has 0 amide bonds. The Balaban J connectivity index is 1.51. The van der Waals surface area contributed by atoms with Gasteiger partial charge in [-0.15, -0.1) is 0 Å². The van der Waals surface area contributed by atoms with Crippen LogP contribution in [0.1, 0.15) is 27.4 Å². The minimum absolute atomic E-state index is 0.143. The summed E-state index contributed by atoms with van der Waals surface area (Å²) < 4.78 is 182. The Morgan fingerprint density at radius 1 is 0.378 bits per heavy atom. The molecule has 0 atom stereocenters. The van der Waals surface area contributed by atoms with Crippen LogP contribution in [0, 0.1) is 0 Å². The second kappa shape index (κ2) is 10.4. The molecule has 1 aromatic heterocycles. The highest BCUT2D eigenvalue weighted by atomic mass is 16.3. The first-order valence-electron chi connectivity index (χ1n) is 23.8. The number of rotatable bonds is 4. The Bertz CT molecular complexity index is 3550. The molecule has 1 heterocycles. The van der Waals surface area contributed by atoms with Crippen LogP contribution in [0.4, 0.5) is 0 Å². The van der Waals surface area contributed by atoms with E-state index < -0.39 is 154 Å². The summed E-state index contributed by atoms with van der Waals surface area (Å²) in [6.45, 7) is 0. The van der Waals surface area contributed by atoms with E-state index in [2.05, 4.69) is 0 Å². The summed E-state index contributed by atoms with van der Waals surface area (Å²) in [6, 6.07) is -0.612. The fraction of sp³-hybridized carbons (Fsp3) is 0. The highest BCUT2D eigenvalue weighted by molar-refractivity contribution is 6.23. The zero-order valence-corrected chi connectivity index (χ0v) is 23.0. The van der Waals surface area contributed by atoms with Crippen molar-refractivity contribution in [2.24, 2.45) is 0 Å². The Morgan fingerprint density at radius 2 is 0.911 bits per heavy atom. The van der Waals surface area contributed by atoms with Gasteiger partial charge in [-0.3, -0.25) is 0 Å². The van der Waals surface area contributed by atoms with E-state index in [1.807, 2.05) is 0 Å². The molecular weight excluding hydrogens is 544 g/mol. The zero-order chi connectivity index (χ0) is 47.1. The molecule has 0 unspecified atom stereocenters. The van der Waals surface area contributed by atoms with Gasteiger partial charge in [0.15, 0.2) is 0 Å². The van der Waals surface area contributed by atoms with Crippen LogP contribution in [0.15, 0.2) is 174 Å². The normalized spacial score (nSPS) is 17.8. The van der Waals surface area contributed by atoms with E-state index in [1.54, 1.807) is 48.5 Å². The minimum atomic E-state index is -0.751. The van der Waals surface area contributed by atoms with Gasteiger partial charge in [0, 0.05) is 16.3 Å². The van der Waals surface area contributed by atoms with E-state index in [0.717, 1.165) is 0 Å². The number of para-hydroxylation sites is 1. The van der Waals surface area contributed by atoms with Crippen molar-refractivity contribution >= 4 is 43.5 Å². The molecule has 210 valence electrons. The molecule has 9 aromatic rings. The fourth-order valence-corrected chi connectivity index (χ4v) is 5.77. The van der Waals surface area contributed by atoms with Gasteiger partial charge in [0.1, 0.15) is 11.2 Å². The van der Waals surface area contributed by atoms with E-state index in [9.17, 15) is 5.48 Å². The van der Waals surface area contributed by atoms with E-state index in [0.29, 0.717) is 0 Å². The smallest absolute Gasteiger partial charge is 0.143 e. The van der Waals surface area contributed by atoms with Crippen molar-refractivity contribution < 1.29 is 31.8 Å². The van der Waals surface area contributed by atoms with Crippen molar-refractivity contribution in [2.45, 2.75) is 0 Å². The number of fused-ring (bicyclic) bond motifs is 5. The van der Waals surface area contributed by atoms with Gasteiger partial charge in [-0.1, -0.05) is 145 Å². The predicted octanol–water partition coefficient (Wildman–Crippen LogP) is 12.6. The highest BCUT2D eigenvalue weighted by Crippen LogP contribution is 2.47. The molecule has 0 aliphatic rings. The third-order valence-corrected chi connectivity index (χ3v) is 7.62. The van der Waals surface area contributed by atoms with Gasteiger partial charge < -0.3 is 4.42 Å². The van der Waals surface area contributed by atoms with Crippen molar-refractivity contribution in [3.8, 4) is 44.5 Å². The summed E-state index contributed by atoms with van der Waals surface area (Å²) in [4.78, 5) is 0. The predicted molar refractivity (Wildman–Crippen MR) is 190 cm³/mol. The van der Waals surface area contributed by atoms with Crippen LogP contribution in [0.25, 0.3) is 88.0 Å². The number of hydrogen-bond acceptors (Lipinski definition) is 1. The molecule has 0 fully saturated rings. The third-order valence-electron chi connectivity index (χ3n) is 7.62. The summed E-state index contributed by atoms with van der Waals surface area (Å²) in [5.74, 6) is 0. The standard InChI is InChI=1S/C44H28O/c1-3-14-29(15-4-1)31-18-13-19-32(26-31)42-35-21-7-9-23-37(35)43(38-24-10-8-22-36(38)42)33-27-39(30-16-5-2-6-17-30)44-40(28-33)34-20-11-12-25-41(34)45-44/h1-28H/i1D,2D,3D,4D,5D,6D,11D,12D,13D,14D,15D,16D,17D,18D,19D,20D,25D,26D,27D,28D. The Hall–Kier alpha value is -5.92. The van der Waals surface area contributed by atoms with Gasteiger partial charge in [-0.25, -0.2) is 0 Å². The van der Waals surface area contributed by atoms with Crippen LogP contribution in [-0.4, -0.2) is 0 Å². The van der Waals surface area contributed by atoms with Crippen LogP contribution < -0.4 is 0 Å². The molecule has 0 N–H and O–H groups in total. The Kier molecular flexibility index (Phi) is 2.90. The molecule has 1 nitrogen and oxygen atoms in total. The van der Waals surface area contributed by atoms with Crippen molar-refractivity contribution in [3.05, 3.63) is 169 Å². The molecule has 0 saturated heterocycles. The minimum Gasteiger partial charge on any atom is -0.455 e. The molecule has 1 heteroatoms. The molecule has 0 spiro atoms. The lowest BCUT2D eigenvalue weighted by Gasteiger charge is -2.19. The van der Waals surface area contributed by atoms with Gasteiger partial charge in [0.2, 0.25) is 0 Å².